The molecule has 0 fully saturated rings. The Morgan fingerprint density at radius 3 is 1.76 bits per heavy atom. The fourth-order valence-corrected chi connectivity index (χ4v) is 2.54. The summed E-state index contributed by atoms with van der Waals surface area (Å²) in [5.41, 5.74) is 4.71. The van der Waals surface area contributed by atoms with E-state index in [1.54, 1.807) is 6.07 Å². The van der Waals surface area contributed by atoms with Crippen LogP contribution >= 0.6 is 0 Å². The molecule has 21 heavy (non-hydrogen) atoms. The molecule has 0 atom stereocenters. The van der Waals surface area contributed by atoms with Crippen LogP contribution in [0.3, 0.4) is 0 Å². The summed E-state index contributed by atoms with van der Waals surface area (Å²) in [6, 6.07) is 26.5. The Balaban J connectivity index is 1.83. The molecule has 1 heteroatoms. The van der Waals surface area contributed by atoms with Gasteiger partial charge in [0.1, 0.15) is 5.75 Å². The van der Waals surface area contributed by atoms with Gasteiger partial charge in [0, 0.05) is 6.42 Å². The number of phenolic OH excluding ortho intramolecular Hbond substituents is 1. The van der Waals surface area contributed by atoms with Gasteiger partial charge in [0.05, 0.1) is 0 Å². The SMILES string of the molecule is Oc1ccc(Cc2ccccc2)cc1Cc1ccccc1. The van der Waals surface area contributed by atoms with Crippen LogP contribution in [0.1, 0.15) is 22.3 Å². The average Bonchev–Trinajstić information content (AvgIpc) is 2.53. The predicted molar refractivity (Wildman–Crippen MR) is 86.6 cm³/mol. The van der Waals surface area contributed by atoms with Crippen LogP contribution in [-0.4, -0.2) is 5.11 Å². The minimum atomic E-state index is 0.371. The van der Waals surface area contributed by atoms with Crippen molar-refractivity contribution >= 4 is 0 Å². The Kier molecular flexibility index (Phi) is 4.02. The van der Waals surface area contributed by atoms with Gasteiger partial charge in [-0.25, -0.2) is 0 Å². The molecule has 1 N–H and O–H groups in total. The van der Waals surface area contributed by atoms with Gasteiger partial charge in [-0.1, -0.05) is 72.8 Å². The number of phenols is 1. The van der Waals surface area contributed by atoms with Gasteiger partial charge in [-0.05, 0) is 34.7 Å². The van der Waals surface area contributed by atoms with Crippen LogP contribution in [0.25, 0.3) is 0 Å². The highest BCUT2D eigenvalue weighted by atomic mass is 16.3. The molecule has 1 nitrogen and oxygen atoms in total. The summed E-state index contributed by atoms with van der Waals surface area (Å²) in [4.78, 5) is 0. The lowest BCUT2D eigenvalue weighted by atomic mass is 9.98. The minimum Gasteiger partial charge on any atom is -0.508 e. The van der Waals surface area contributed by atoms with E-state index in [4.69, 9.17) is 0 Å². The zero-order valence-electron chi connectivity index (χ0n) is 11.9. The maximum absolute atomic E-state index is 10.1. The summed E-state index contributed by atoms with van der Waals surface area (Å²) in [5.74, 6) is 0.371. The monoisotopic (exact) mass is 274 g/mol. The molecule has 0 radical (unpaired) electrons. The van der Waals surface area contributed by atoms with Crippen molar-refractivity contribution in [3.8, 4) is 5.75 Å². The fourth-order valence-electron chi connectivity index (χ4n) is 2.54. The van der Waals surface area contributed by atoms with Crippen LogP contribution in [0, 0.1) is 0 Å². The van der Waals surface area contributed by atoms with Gasteiger partial charge < -0.3 is 5.11 Å². The van der Waals surface area contributed by atoms with Crippen LogP contribution in [0.5, 0.6) is 5.75 Å². The third-order valence-corrected chi connectivity index (χ3v) is 3.63. The van der Waals surface area contributed by atoms with E-state index >= 15 is 0 Å². The summed E-state index contributed by atoms with van der Waals surface area (Å²) in [7, 11) is 0. The topological polar surface area (TPSA) is 20.2 Å². The molecule has 0 aromatic heterocycles. The first-order chi connectivity index (χ1) is 10.3. The van der Waals surface area contributed by atoms with Crippen molar-refractivity contribution in [3.63, 3.8) is 0 Å². The highest BCUT2D eigenvalue weighted by Crippen LogP contribution is 2.23. The van der Waals surface area contributed by atoms with Crippen molar-refractivity contribution < 1.29 is 5.11 Å². The van der Waals surface area contributed by atoms with Gasteiger partial charge in [0.25, 0.3) is 0 Å². The molecule has 3 aromatic rings. The van der Waals surface area contributed by atoms with E-state index in [0.717, 1.165) is 18.4 Å². The van der Waals surface area contributed by atoms with Crippen molar-refractivity contribution in [3.05, 3.63) is 101 Å². The summed E-state index contributed by atoms with van der Waals surface area (Å²) in [6.07, 6.45) is 1.65. The summed E-state index contributed by atoms with van der Waals surface area (Å²) < 4.78 is 0. The van der Waals surface area contributed by atoms with Crippen molar-refractivity contribution in [2.75, 3.05) is 0 Å². The molecular formula is C20H18O. The van der Waals surface area contributed by atoms with E-state index in [1.807, 2.05) is 30.3 Å². The molecule has 0 aliphatic heterocycles. The van der Waals surface area contributed by atoms with Crippen molar-refractivity contribution in [1.82, 2.24) is 0 Å². The molecule has 0 heterocycles. The summed E-state index contributed by atoms with van der Waals surface area (Å²) in [5, 5.41) is 10.1. The Morgan fingerprint density at radius 2 is 1.14 bits per heavy atom. The standard InChI is InChI=1S/C20H18O/c21-20-12-11-18(13-16-7-3-1-4-8-16)15-19(20)14-17-9-5-2-6-10-17/h1-12,15,21H,13-14H2. The van der Waals surface area contributed by atoms with Gasteiger partial charge >= 0.3 is 0 Å². The third kappa shape index (κ3) is 3.51. The summed E-state index contributed by atoms with van der Waals surface area (Å²) >= 11 is 0. The van der Waals surface area contributed by atoms with Crippen molar-refractivity contribution in [2.45, 2.75) is 12.8 Å². The molecule has 0 bridgehead atoms. The maximum atomic E-state index is 10.1. The quantitative estimate of drug-likeness (QED) is 0.738. The number of aromatic hydroxyl groups is 1. The van der Waals surface area contributed by atoms with Gasteiger partial charge in [-0.2, -0.15) is 0 Å². The van der Waals surface area contributed by atoms with Gasteiger partial charge in [0.15, 0.2) is 0 Å². The van der Waals surface area contributed by atoms with Crippen LogP contribution in [0.4, 0.5) is 0 Å². The van der Waals surface area contributed by atoms with Crippen LogP contribution in [-0.2, 0) is 12.8 Å². The molecular weight excluding hydrogens is 256 g/mol. The highest BCUT2D eigenvalue weighted by molar-refractivity contribution is 5.41. The number of hydrogen-bond donors (Lipinski definition) is 1. The van der Waals surface area contributed by atoms with Crippen molar-refractivity contribution in [2.24, 2.45) is 0 Å². The third-order valence-electron chi connectivity index (χ3n) is 3.63. The first kappa shape index (κ1) is 13.4. The fraction of sp³-hybridized carbons (Fsp3) is 0.100. The molecule has 3 aromatic carbocycles. The van der Waals surface area contributed by atoms with Gasteiger partial charge in [-0.15, -0.1) is 0 Å². The van der Waals surface area contributed by atoms with E-state index in [9.17, 15) is 5.11 Å². The summed E-state index contributed by atoms with van der Waals surface area (Å²) in [6.45, 7) is 0. The van der Waals surface area contributed by atoms with E-state index in [1.165, 1.54) is 16.7 Å². The van der Waals surface area contributed by atoms with Gasteiger partial charge in [-0.3, -0.25) is 0 Å². The molecule has 0 aliphatic rings. The Bertz CT molecular complexity index is 702. The van der Waals surface area contributed by atoms with E-state index < -0.39 is 0 Å². The molecule has 0 saturated carbocycles. The molecule has 0 aliphatic carbocycles. The average molecular weight is 274 g/mol. The number of hydrogen-bond acceptors (Lipinski definition) is 1. The molecule has 0 spiro atoms. The first-order valence-electron chi connectivity index (χ1n) is 7.20. The van der Waals surface area contributed by atoms with Crippen LogP contribution in [0.2, 0.25) is 0 Å². The molecule has 104 valence electrons. The van der Waals surface area contributed by atoms with E-state index in [2.05, 4.69) is 42.5 Å². The highest BCUT2D eigenvalue weighted by Gasteiger charge is 2.05. The molecule has 3 rings (SSSR count). The van der Waals surface area contributed by atoms with Crippen LogP contribution < -0.4 is 0 Å². The Hall–Kier alpha value is -2.54. The van der Waals surface area contributed by atoms with Crippen molar-refractivity contribution in [1.29, 1.82) is 0 Å². The zero-order valence-corrected chi connectivity index (χ0v) is 11.9. The maximum Gasteiger partial charge on any atom is 0.119 e. The molecule has 0 unspecified atom stereocenters. The second-order valence-electron chi connectivity index (χ2n) is 5.29. The zero-order chi connectivity index (χ0) is 14.5. The second-order valence-corrected chi connectivity index (χ2v) is 5.29. The first-order valence-corrected chi connectivity index (χ1v) is 7.20. The van der Waals surface area contributed by atoms with E-state index in [-0.39, 0.29) is 0 Å². The largest absolute Gasteiger partial charge is 0.508 e. The molecule has 0 saturated heterocycles. The molecule has 0 amide bonds. The Labute approximate surface area is 125 Å². The lowest BCUT2D eigenvalue weighted by Gasteiger charge is -2.08. The normalized spacial score (nSPS) is 10.5. The lowest BCUT2D eigenvalue weighted by molar-refractivity contribution is 0.469. The predicted octanol–water partition coefficient (Wildman–Crippen LogP) is 4.57. The smallest absolute Gasteiger partial charge is 0.119 e. The lowest BCUT2D eigenvalue weighted by Crippen LogP contribution is -1.93. The number of rotatable bonds is 4. The van der Waals surface area contributed by atoms with E-state index in [0.29, 0.717) is 5.75 Å². The minimum absolute atomic E-state index is 0.371. The van der Waals surface area contributed by atoms with Crippen LogP contribution in [0.15, 0.2) is 78.9 Å². The Morgan fingerprint density at radius 1 is 0.571 bits per heavy atom. The second kappa shape index (κ2) is 6.27. The number of benzene rings is 3. The van der Waals surface area contributed by atoms with Gasteiger partial charge in [0.2, 0.25) is 0 Å².